The van der Waals surface area contributed by atoms with Crippen LogP contribution in [0.5, 0.6) is 0 Å². The van der Waals surface area contributed by atoms with Crippen molar-refractivity contribution in [2.45, 2.75) is 37.6 Å². The summed E-state index contributed by atoms with van der Waals surface area (Å²) in [5.74, 6) is 0.216. The largest absolute Gasteiger partial charge is 0.312 e. The van der Waals surface area contributed by atoms with E-state index in [2.05, 4.69) is 21.8 Å². The molecule has 0 fully saturated rings. The number of amides is 1. The molecule has 1 unspecified atom stereocenters. The molecule has 7 nitrogen and oxygen atoms in total. The molecule has 1 aromatic carbocycles. The van der Waals surface area contributed by atoms with Crippen molar-refractivity contribution < 1.29 is 13.2 Å². The summed E-state index contributed by atoms with van der Waals surface area (Å²) in [7, 11) is -3.67. The Morgan fingerprint density at radius 1 is 1.42 bits per heavy atom. The number of benzene rings is 1. The van der Waals surface area contributed by atoms with Gasteiger partial charge in [0, 0.05) is 25.4 Å². The number of hydrogen-bond acceptors (Lipinski definition) is 4. The number of aromatic amines is 1. The molecule has 1 atom stereocenters. The van der Waals surface area contributed by atoms with Crippen LogP contribution in [0.1, 0.15) is 37.4 Å². The van der Waals surface area contributed by atoms with Crippen LogP contribution in [0.2, 0.25) is 0 Å². The first kappa shape index (κ1) is 16.7. The quantitative estimate of drug-likeness (QED) is 0.880. The van der Waals surface area contributed by atoms with Crippen LogP contribution in [-0.2, 0) is 21.4 Å². The van der Waals surface area contributed by atoms with E-state index < -0.39 is 10.0 Å². The third-order valence-electron chi connectivity index (χ3n) is 4.31. The number of rotatable bonds is 4. The Morgan fingerprint density at radius 3 is 2.88 bits per heavy atom. The van der Waals surface area contributed by atoms with Crippen LogP contribution in [-0.4, -0.2) is 31.1 Å². The van der Waals surface area contributed by atoms with Crippen molar-refractivity contribution in [3.63, 3.8) is 0 Å². The second kappa shape index (κ2) is 6.37. The summed E-state index contributed by atoms with van der Waals surface area (Å²) < 4.78 is 27.6. The third-order valence-corrected chi connectivity index (χ3v) is 5.71. The Bertz CT molecular complexity index is 846. The zero-order valence-electron chi connectivity index (χ0n) is 13.6. The van der Waals surface area contributed by atoms with Gasteiger partial charge in [-0.2, -0.15) is 5.10 Å². The topological polar surface area (TPSA) is 95.2 Å². The van der Waals surface area contributed by atoms with Crippen molar-refractivity contribution in [3.05, 3.63) is 41.7 Å². The molecule has 0 spiro atoms. The predicted molar refractivity (Wildman–Crippen MR) is 90.1 cm³/mol. The van der Waals surface area contributed by atoms with Crippen molar-refractivity contribution >= 4 is 21.6 Å². The summed E-state index contributed by atoms with van der Waals surface area (Å²) in [4.78, 5) is 13.7. The highest BCUT2D eigenvalue weighted by molar-refractivity contribution is 7.89. The normalized spacial score (nSPS) is 17.6. The lowest BCUT2D eigenvalue weighted by Crippen LogP contribution is -2.35. The molecular formula is C16H20N4O3S. The van der Waals surface area contributed by atoms with E-state index in [1.165, 1.54) is 6.92 Å². The second-order valence-corrected chi connectivity index (χ2v) is 7.75. The second-order valence-electron chi connectivity index (χ2n) is 5.99. The van der Waals surface area contributed by atoms with Crippen molar-refractivity contribution in [2.75, 3.05) is 11.4 Å². The van der Waals surface area contributed by atoms with E-state index in [1.54, 1.807) is 35.4 Å². The van der Waals surface area contributed by atoms with Gasteiger partial charge in [-0.15, -0.1) is 0 Å². The van der Waals surface area contributed by atoms with Crippen LogP contribution < -0.4 is 9.62 Å². The van der Waals surface area contributed by atoms with Crippen LogP contribution in [0, 0.1) is 0 Å². The Morgan fingerprint density at radius 2 is 2.21 bits per heavy atom. The Labute approximate surface area is 141 Å². The predicted octanol–water partition coefficient (Wildman–Crippen LogP) is 1.75. The molecule has 0 bridgehead atoms. The third kappa shape index (κ3) is 3.20. The maximum Gasteiger partial charge on any atom is 0.240 e. The summed E-state index contributed by atoms with van der Waals surface area (Å²) in [5, 5.41) is 6.50. The number of nitrogens with one attached hydrogen (secondary N) is 2. The molecule has 1 amide bonds. The van der Waals surface area contributed by atoms with Crippen molar-refractivity contribution in [1.29, 1.82) is 0 Å². The standard InChI is InChI=1S/C16H20N4O3S/c1-11-6-8-20(12(2)21)16-9-14(3-4-15(11)16)24(22,23)18-10-13-5-7-17-19-13/h3-5,7,9,11,18H,6,8,10H2,1-2H3,(H,17,19). The fourth-order valence-electron chi connectivity index (χ4n) is 2.91. The van der Waals surface area contributed by atoms with Crippen LogP contribution in [0.15, 0.2) is 35.4 Å². The zero-order chi connectivity index (χ0) is 17.3. The molecule has 0 saturated heterocycles. The molecule has 8 heteroatoms. The molecule has 1 aromatic heterocycles. The molecule has 1 aliphatic heterocycles. The van der Waals surface area contributed by atoms with Gasteiger partial charge >= 0.3 is 0 Å². The number of carbonyl (C=O) groups excluding carboxylic acids is 1. The van der Waals surface area contributed by atoms with Crippen molar-refractivity contribution in [1.82, 2.24) is 14.9 Å². The minimum Gasteiger partial charge on any atom is -0.312 e. The number of carbonyl (C=O) groups is 1. The monoisotopic (exact) mass is 348 g/mol. The summed E-state index contributed by atoms with van der Waals surface area (Å²) in [5.41, 5.74) is 2.37. The Hall–Kier alpha value is -2.19. The minimum atomic E-state index is -3.67. The molecule has 0 radical (unpaired) electrons. The maximum absolute atomic E-state index is 12.5. The highest BCUT2D eigenvalue weighted by Crippen LogP contribution is 2.36. The van der Waals surface area contributed by atoms with Gasteiger partial charge in [-0.3, -0.25) is 9.89 Å². The van der Waals surface area contributed by atoms with Crippen LogP contribution in [0.4, 0.5) is 5.69 Å². The first-order valence-corrected chi connectivity index (χ1v) is 9.27. The van der Waals surface area contributed by atoms with Gasteiger partial charge in [-0.05, 0) is 36.1 Å². The smallest absolute Gasteiger partial charge is 0.240 e. The molecule has 0 aliphatic carbocycles. The molecule has 24 heavy (non-hydrogen) atoms. The fourth-order valence-corrected chi connectivity index (χ4v) is 3.93. The van der Waals surface area contributed by atoms with E-state index in [0.29, 0.717) is 23.8 Å². The van der Waals surface area contributed by atoms with Gasteiger partial charge in [0.15, 0.2) is 0 Å². The summed E-state index contributed by atoms with van der Waals surface area (Å²) in [6, 6.07) is 6.68. The summed E-state index contributed by atoms with van der Waals surface area (Å²) >= 11 is 0. The van der Waals surface area contributed by atoms with Crippen LogP contribution in [0.3, 0.4) is 0 Å². The molecule has 128 valence electrons. The van der Waals surface area contributed by atoms with Crippen molar-refractivity contribution in [2.24, 2.45) is 0 Å². The number of hydrogen-bond donors (Lipinski definition) is 2. The molecule has 0 saturated carbocycles. The van der Waals surface area contributed by atoms with Gasteiger partial charge in [-0.1, -0.05) is 13.0 Å². The number of nitrogens with zero attached hydrogens (tertiary/aromatic N) is 2. The number of anilines is 1. The van der Waals surface area contributed by atoms with E-state index in [1.807, 2.05) is 0 Å². The lowest BCUT2D eigenvalue weighted by atomic mass is 9.91. The molecular weight excluding hydrogens is 328 g/mol. The zero-order valence-corrected chi connectivity index (χ0v) is 14.4. The van der Waals surface area contributed by atoms with E-state index in [-0.39, 0.29) is 17.3 Å². The number of fused-ring (bicyclic) bond motifs is 1. The maximum atomic E-state index is 12.5. The molecule has 2 aromatic rings. The van der Waals surface area contributed by atoms with Gasteiger partial charge < -0.3 is 4.90 Å². The molecule has 2 N–H and O–H groups in total. The van der Waals surface area contributed by atoms with Gasteiger partial charge in [-0.25, -0.2) is 13.1 Å². The molecule has 2 heterocycles. The average molecular weight is 348 g/mol. The van der Waals surface area contributed by atoms with Gasteiger partial charge in [0.2, 0.25) is 15.9 Å². The van der Waals surface area contributed by atoms with Crippen molar-refractivity contribution in [3.8, 4) is 0 Å². The van der Waals surface area contributed by atoms with Gasteiger partial charge in [0.1, 0.15) is 0 Å². The number of sulfonamides is 1. The molecule has 1 aliphatic rings. The average Bonchev–Trinajstić information content (AvgIpc) is 3.06. The van der Waals surface area contributed by atoms with E-state index >= 15 is 0 Å². The van der Waals surface area contributed by atoms with E-state index in [0.717, 1.165) is 12.0 Å². The fraction of sp³-hybridized carbons (Fsp3) is 0.375. The molecule has 3 rings (SSSR count). The first-order valence-electron chi connectivity index (χ1n) is 7.78. The van der Waals surface area contributed by atoms with Crippen LogP contribution in [0.25, 0.3) is 0 Å². The highest BCUT2D eigenvalue weighted by atomic mass is 32.2. The van der Waals surface area contributed by atoms with E-state index in [9.17, 15) is 13.2 Å². The summed E-state index contributed by atoms with van der Waals surface area (Å²) in [6.07, 6.45) is 2.44. The lowest BCUT2D eigenvalue weighted by Gasteiger charge is -2.32. The minimum absolute atomic E-state index is 0.0804. The van der Waals surface area contributed by atoms with Crippen LogP contribution >= 0.6 is 0 Å². The van der Waals surface area contributed by atoms with Gasteiger partial charge in [0.05, 0.1) is 17.1 Å². The highest BCUT2D eigenvalue weighted by Gasteiger charge is 2.26. The number of H-pyrrole nitrogens is 1. The number of aromatic nitrogens is 2. The van der Waals surface area contributed by atoms with E-state index in [4.69, 9.17) is 0 Å². The SMILES string of the molecule is CC(=O)N1CCC(C)c2ccc(S(=O)(=O)NCc3ccn[nH]3)cc21. The first-order chi connectivity index (χ1) is 11.4. The Balaban J connectivity index is 1.91. The lowest BCUT2D eigenvalue weighted by molar-refractivity contribution is -0.116. The summed E-state index contributed by atoms with van der Waals surface area (Å²) in [6.45, 7) is 4.32. The Kier molecular flexibility index (Phi) is 4.42. The van der Waals surface area contributed by atoms with Gasteiger partial charge in [0.25, 0.3) is 0 Å².